The maximum absolute atomic E-state index is 11.4. The summed E-state index contributed by atoms with van der Waals surface area (Å²) in [5.74, 6) is -5.59. The van der Waals surface area contributed by atoms with Crippen LogP contribution in [0.1, 0.15) is 52.6 Å². The number of benzene rings is 2. The first-order valence-corrected chi connectivity index (χ1v) is 7.41. The predicted molar refractivity (Wildman–Crippen MR) is 88.1 cm³/mol. The Morgan fingerprint density at radius 2 is 0.923 bits per heavy atom. The van der Waals surface area contributed by atoms with Crippen LogP contribution in [0, 0.1) is 0 Å². The first-order chi connectivity index (χ1) is 12.2. The zero-order valence-corrected chi connectivity index (χ0v) is 13.3. The van der Waals surface area contributed by atoms with Crippen molar-refractivity contribution in [2.75, 3.05) is 0 Å². The molecule has 0 aliphatic heterocycles. The Labute approximate surface area is 147 Å². The lowest BCUT2D eigenvalue weighted by Gasteiger charge is -2.12. The van der Waals surface area contributed by atoms with E-state index in [0.717, 1.165) is 0 Å². The SMILES string of the molecule is O=C(O)c1cccc(CCc2cccc(C(=O)O)c2C(=O)O)c1C(=O)O. The Kier molecular flexibility index (Phi) is 5.36. The zero-order valence-electron chi connectivity index (χ0n) is 13.3. The van der Waals surface area contributed by atoms with E-state index >= 15 is 0 Å². The van der Waals surface area contributed by atoms with Crippen molar-refractivity contribution >= 4 is 23.9 Å². The molecule has 0 heterocycles. The molecule has 8 heteroatoms. The third kappa shape index (κ3) is 3.69. The summed E-state index contributed by atoms with van der Waals surface area (Å²) < 4.78 is 0. The Bertz CT molecular complexity index is 838. The minimum absolute atomic E-state index is 0.0338. The van der Waals surface area contributed by atoms with E-state index in [2.05, 4.69) is 0 Å². The molecule has 0 aromatic heterocycles. The van der Waals surface area contributed by atoms with E-state index in [-0.39, 0.29) is 46.2 Å². The van der Waals surface area contributed by atoms with Crippen LogP contribution in [0.5, 0.6) is 0 Å². The van der Waals surface area contributed by atoms with Gasteiger partial charge in [0, 0.05) is 0 Å². The summed E-state index contributed by atoms with van der Waals surface area (Å²) in [6, 6.07) is 8.02. The highest BCUT2D eigenvalue weighted by Gasteiger charge is 2.22. The van der Waals surface area contributed by atoms with Gasteiger partial charge < -0.3 is 20.4 Å². The van der Waals surface area contributed by atoms with Crippen LogP contribution < -0.4 is 0 Å². The number of rotatable bonds is 7. The number of hydrogen-bond acceptors (Lipinski definition) is 4. The van der Waals surface area contributed by atoms with Gasteiger partial charge in [0.15, 0.2) is 0 Å². The van der Waals surface area contributed by atoms with Crippen LogP contribution in [-0.4, -0.2) is 44.3 Å². The quantitative estimate of drug-likeness (QED) is 0.589. The van der Waals surface area contributed by atoms with Gasteiger partial charge in [-0.1, -0.05) is 24.3 Å². The molecule has 0 atom stereocenters. The van der Waals surface area contributed by atoms with E-state index in [0.29, 0.717) is 0 Å². The molecule has 134 valence electrons. The number of aromatic carboxylic acids is 4. The average molecular weight is 358 g/mol. The van der Waals surface area contributed by atoms with Crippen molar-refractivity contribution in [3.8, 4) is 0 Å². The molecule has 0 fully saturated rings. The van der Waals surface area contributed by atoms with Gasteiger partial charge in [0.25, 0.3) is 0 Å². The van der Waals surface area contributed by atoms with Crippen LogP contribution in [0.4, 0.5) is 0 Å². The number of carbonyl (C=O) groups is 4. The maximum atomic E-state index is 11.4. The van der Waals surface area contributed by atoms with E-state index in [9.17, 15) is 29.4 Å². The predicted octanol–water partition coefficient (Wildman–Crippen LogP) is 2.26. The molecular weight excluding hydrogens is 344 g/mol. The molecule has 0 radical (unpaired) electrons. The zero-order chi connectivity index (χ0) is 19.4. The lowest BCUT2D eigenvalue weighted by molar-refractivity contribution is 0.0649. The molecule has 8 nitrogen and oxygen atoms in total. The summed E-state index contributed by atoms with van der Waals surface area (Å²) >= 11 is 0. The second-order valence-corrected chi connectivity index (χ2v) is 5.40. The molecule has 0 aliphatic carbocycles. The number of carboxylic acids is 4. The number of hydrogen-bond donors (Lipinski definition) is 4. The van der Waals surface area contributed by atoms with Gasteiger partial charge in [-0.15, -0.1) is 0 Å². The van der Waals surface area contributed by atoms with Crippen LogP contribution in [-0.2, 0) is 12.8 Å². The van der Waals surface area contributed by atoms with Crippen molar-refractivity contribution in [1.29, 1.82) is 0 Å². The lowest BCUT2D eigenvalue weighted by Crippen LogP contribution is -2.14. The molecule has 2 aromatic carbocycles. The Balaban J connectivity index is 2.45. The summed E-state index contributed by atoms with van der Waals surface area (Å²) in [7, 11) is 0. The standard InChI is InChI=1S/C18H14O8/c19-15(20)11-5-1-3-9(13(11)17(23)24)7-8-10-4-2-6-12(16(21)22)14(10)18(25)26/h1-6H,7-8H2,(H,19,20)(H,21,22)(H,23,24)(H,25,26). The average Bonchev–Trinajstić information content (AvgIpc) is 2.58. The smallest absolute Gasteiger partial charge is 0.336 e. The molecular formula is C18H14O8. The Morgan fingerprint density at radius 3 is 1.19 bits per heavy atom. The third-order valence-corrected chi connectivity index (χ3v) is 3.85. The van der Waals surface area contributed by atoms with Crippen molar-refractivity contribution in [3.63, 3.8) is 0 Å². The monoisotopic (exact) mass is 358 g/mol. The summed E-state index contributed by atoms with van der Waals surface area (Å²) in [5.41, 5.74) is -1.04. The largest absolute Gasteiger partial charge is 0.478 e. The van der Waals surface area contributed by atoms with Gasteiger partial charge in [-0.05, 0) is 36.1 Å². The minimum Gasteiger partial charge on any atom is -0.478 e. The molecule has 0 aliphatic rings. The van der Waals surface area contributed by atoms with Crippen LogP contribution in [0.3, 0.4) is 0 Å². The summed E-state index contributed by atoms with van der Waals surface area (Å²) in [4.78, 5) is 45.3. The Morgan fingerprint density at radius 1 is 0.577 bits per heavy atom. The highest BCUT2D eigenvalue weighted by atomic mass is 16.4. The van der Waals surface area contributed by atoms with Gasteiger partial charge in [-0.3, -0.25) is 0 Å². The molecule has 0 bridgehead atoms. The van der Waals surface area contributed by atoms with E-state index in [1.54, 1.807) is 0 Å². The highest BCUT2D eigenvalue weighted by Crippen LogP contribution is 2.21. The summed E-state index contributed by atoms with van der Waals surface area (Å²) in [6.45, 7) is 0. The normalized spacial score (nSPS) is 10.3. The molecule has 0 spiro atoms. The summed E-state index contributed by atoms with van der Waals surface area (Å²) in [5, 5.41) is 36.9. The van der Waals surface area contributed by atoms with Gasteiger partial charge in [0.1, 0.15) is 0 Å². The van der Waals surface area contributed by atoms with Gasteiger partial charge >= 0.3 is 23.9 Å². The molecule has 4 N–H and O–H groups in total. The van der Waals surface area contributed by atoms with Crippen molar-refractivity contribution in [2.24, 2.45) is 0 Å². The molecule has 0 saturated heterocycles. The van der Waals surface area contributed by atoms with E-state index in [4.69, 9.17) is 10.2 Å². The van der Waals surface area contributed by atoms with E-state index in [1.807, 2.05) is 0 Å². The second-order valence-electron chi connectivity index (χ2n) is 5.40. The molecule has 2 aromatic rings. The number of carboxylic acid groups (broad SMARTS) is 4. The number of aryl methyl sites for hydroxylation is 2. The first kappa shape index (κ1) is 18.7. The fraction of sp³-hybridized carbons (Fsp3) is 0.111. The fourth-order valence-electron chi connectivity index (χ4n) is 2.75. The van der Waals surface area contributed by atoms with Gasteiger partial charge in [-0.25, -0.2) is 19.2 Å². The maximum Gasteiger partial charge on any atom is 0.336 e. The lowest BCUT2D eigenvalue weighted by atomic mass is 9.92. The molecule has 2 rings (SSSR count). The van der Waals surface area contributed by atoms with Gasteiger partial charge in [0.05, 0.1) is 22.3 Å². The third-order valence-electron chi connectivity index (χ3n) is 3.85. The second kappa shape index (κ2) is 7.47. The van der Waals surface area contributed by atoms with Crippen molar-refractivity contribution in [3.05, 3.63) is 69.8 Å². The van der Waals surface area contributed by atoms with Gasteiger partial charge in [-0.2, -0.15) is 0 Å². The van der Waals surface area contributed by atoms with Crippen molar-refractivity contribution in [1.82, 2.24) is 0 Å². The highest BCUT2D eigenvalue weighted by molar-refractivity contribution is 6.03. The van der Waals surface area contributed by atoms with E-state index < -0.39 is 23.9 Å². The fourth-order valence-corrected chi connectivity index (χ4v) is 2.75. The Hall–Kier alpha value is -3.68. The molecule has 26 heavy (non-hydrogen) atoms. The molecule has 0 saturated carbocycles. The minimum atomic E-state index is -1.41. The first-order valence-electron chi connectivity index (χ1n) is 7.41. The van der Waals surface area contributed by atoms with Crippen molar-refractivity contribution < 1.29 is 39.6 Å². The topological polar surface area (TPSA) is 149 Å². The molecule has 0 unspecified atom stereocenters. The van der Waals surface area contributed by atoms with Crippen LogP contribution in [0.25, 0.3) is 0 Å². The molecule has 0 amide bonds. The van der Waals surface area contributed by atoms with Crippen molar-refractivity contribution in [2.45, 2.75) is 12.8 Å². The van der Waals surface area contributed by atoms with Crippen LogP contribution in [0.2, 0.25) is 0 Å². The van der Waals surface area contributed by atoms with Crippen LogP contribution >= 0.6 is 0 Å². The summed E-state index contributed by atoms with van der Waals surface area (Å²) in [6.07, 6.45) is 0.0677. The van der Waals surface area contributed by atoms with E-state index in [1.165, 1.54) is 36.4 Å². The van der Waals surface area contributed by atoms with Crippen LogP contribution in [0.15, 0.2) is 36.4 Å². The van der Waals surface area contributed by atoms with Gasteiger partial charge in [0.2, 0.25) is 0 Å².